The lowest BCUT2D eigenvalue weighted by Gasteiger charge is -2.19. The Hall–Kier alpha value is -1.28. The fraction of sp³-hybridized carbons (Fsp3) is 0.417. The number of aliphatic hydroxyl groups excluding tert-OH is 1. The van der Waals surface area contributed by atoms with Crippen LogP contribution in [0.1, 0.15) is 6.42 Å². The largest absolute Gasteiger partial charge is 0.573 e. The van der Waals surface area contributed by atoms with Crippen molar-refractivity contribution in [2.45, 2.75) is 12.8 Å². The van der Waals surface area contributed by atoms with E-state index in [4.69, 9.17) is 5.11 Å². The lowest BCUT2D eigenvalue weighted by atomic mass is 10.1. The SMILES string of the molecule is O=C1CC(CO)CN1c1ccc(OC(F)(F)F)cc1Br. The van der Waals surface area contributed by atoms with Crippen LogP contribution in [0.25, 0.3) is 0 Å². The molecule has 1 aromatic carbocycles. The first kappa shape index (κ1) is 15.1. The number of aliphatic hydroxyl groups is 1. The molecule has 1 fully saturated rings. The summed E-state index contributed by atoms with van der Waals surface area (Å²) in [6.07, 6.45) is -4.53. The minimum atomic E-state index is -4.76. The Morgan fingerprint density at radius 2 is 2.15 bits per heavy atom. The molecular weight excluding hydrogens is 343 g/mol. The summed E-state index contributed by atoms with van der Waals surface area (Å²) in [6, 6.07) is 3.68. The molecule has 1 atom stereocenters. The summed E-state index contributed by atoms with van der Waals surface area (Å²) >= 11 is 3.13. The summed E-state index contributed by atoms with van der Waals surface area (Å²) in [6.45, 7) is 0.239. The van der Waals surface area contributed by atoms with Gasteiger partial charge in [-0.1, -0.05) is 0 Å². The second-order valence-electron chi connectivity index (χ2n) is 4.42. The van der Waals surface area contributed by atoms with Gasteiger partial charge in [-0.15, -0.1) is 13.2 Å². The number of amides is 1. The third-order valence-corrected chi connectivity index (χ3v) is 3.54. The van der Waals surface area contributed by atoms with Crippen LogP contribution in [0.2, 0.25) is 0 Å². The Labute approximate surface area is 121 Å². The highest BCUT2D eigenvalue weighted by molar-refractivity contribution is 9.10. The molecule has 0 aromatic heterocycles. The molecular formula is C12H11BrF3NO3. The molecule has 8 heteroatoms. The molecule has 4 nitrogen and oxygen atoms in total. The van der Waals surface area contributed by atoms with Gasteiger partial charge in [0.05, 0.1) is 5.69 Å². The zero-order chi connectivity index (χ0) is 14.9. The van der Waals surface area contributed by atoms with Gasteiger partial charge >= 0.3 is 6.36 Å². The predicted octanol–water partition coefficient (Wildman–Crippen LogP) is 2.69. The fourth-order valence-corrected chi connectivity index (χ4v) is 2.61. The lowest BCUT2D eigenvalue weighted by Crippen LogP contribution is -2.25. The number of alkyl halides is 3. The predicted molar refractivity (Wildman–Crippen MR) is 68.4 cm³/mol. The molecule has 0 aliphatic carbocycles. The van der Waals surface area contributed by atoms with Gasteiger partial charge in [-0.3, -0.25) is 4.79 Å². The molecule has 20 heavy (non-hydrogen) atoms. The Morgan fingerprint density at radius 1 is 1.45 bits per heavy atom. The minimum Gasteiger partial charge on any atom is -0.406 e. The van der Waals surface area contributed by atoms with E-state index in [0.717, 1.165) is 12.1 Å². The number of hydrogen-bond acceptors (Lipinski definition) is 3. The van der Waals surface area contributed by atoms with Crippen molar-refractivity contribution in [2.24, 2.45) is 5.92 Å². The minimum absolute atomic E-state index is 0.102. The van der Waals surface area contributed by atoms with Crippen molar-refractivity contribution >= 4 is 27.5 Å². The van der Waals surface area contributed by atoms with Gasteiger partial charge in [-0.05, 0) is 34.1 Å². The smallest absolute Gasteiger partial charge is 0.406 e. The summed E-state index contributed by atoms with van der Waals surface area (Å²) < 4.78 is 40.4. The van der Waals surface area contributed by atoms with Gasteiger partial charge in [0.25, 0.3) is 0 Å². The molecule has 2 rings (SSSR count). The molecule has 1 amide bonds. The van der Waals surface area contributed by atoms with Crippen molar-refractivity contribution in [2.75, 3.05) is 18.1 Å². The molecule has 0 radical (unpaired) electrons. The van der Waals surface area contributed by atoms with Crippen molar-refractivity contribution in [1.29, 1.82) is 0 Å². The van der Waals surface area contributed by atoms with Crippen LogP contribution >= 0.6 is 15.9 Å². The third kappa shape index (κ3) is 3.43. The zero-order valence-electron chi connectivity index (χ0n) is 10.2. The van der Waals surface area contributed by atoms with Gasteiger partial charge in [0.1, 0.15) is 5.75 Å². The van der Waals surface area contributed by atoms with Crippen molar-refractivity contribution < 1.29 is 27.8 Å². The van der Waals surface area contributed by atoms with Crippen LogP contribution in [-0.2, 0) is 4.79 Å². The molecule has 110 valence electrons. The highest BCUT2D eigenvalue weighted by atomic mass is 79.9. The van der Waals surface area contributed by atoms with Crippen molar-refractivity contribution in [3.05, 3.63) is 22.7 Å². The normalized spacial score (nSPS) is 19.6. The van der Waals surface area contributed by atoms with Crippen LogP contribution in [-0.4, -0.2) is 30.5 Å². The van der Waals surface area contributed by atoms with Gasteiger partial charge in [0.2, 0.25) is 5.91 Å². The standard InChI is InChI=1S/C12H11BrF3NO3/c13-9-4-8(20-12(14,15)16)1-2-10(9)17-5-7(6-18)3-11(17)19/h1-2,4,7,18H,3,5-6H2. The first-order valence-corrected chi connectivity index (χ1v) is 6.56. The molecule has 1 heterocycles. The maximum atomic E-state index is 12.1. The lowest BCUT2D eigenvalue weighted by molar-refractivity contribution is -0.274. The third-order valence-electron chi connectivity index (χ3n) is 2.91. The van der Waals surface area contributed by atoms with Gasteiger partial charge in [-0.2, -0.15) is 0 Å². The van der Waals surface area contributed by atoms with Crippen LogP contribution < -0.4 is 9.64 Å². The van der Waals surface area contributed by atoms with Crippen LogP contribution in [0, 0.1) is 5.92 Å². The molecule has 1 unspecified atom stereocenters. The second kappa shape index (κ2) is 5.61. The highest BCUT2D eigenvalue weighted by Gasteiger charge is 2.33. The molecule has 0 saturated carbocycles. The number of benzene rings is 1. The van der Waals surface area contributed by atoms with Crippen molar-refractivity contribution in [3.8, 4) is 5.75 Å². The van der Waals surface area contributed by atoms with E-state index in [1.807, 2.05) is 0 Å². The highest BCUT2D eigenvalue weighted by Crippen LogP contribution is 2.35. The number of hydrogen-bond donors (Lipinski definition) is 1. The number of carbonyl (C=O) groups is 1. The summed E-state index contributed by atoms with van der Waals surface area (Å²) in [5, 5.41) is 9.05. The molecule has 1 aliphatic rings. The number of rotatable bonds is 3. The van der Waals surface area contributed by atoms with Gasteiger partial charge in [-0.25, -0.2) is 0 Å². The summed E-state index contributed by atoms with van der Waals surface area (Å²) in [5.74, 6) is -0.687. The van der Waals surface area contributed by atoms with Crippen LogP contribution in [0.5, 0.6) is 5.75 Å². The Balaban J connectivity index is 2.20. The van der Waals surface area contributed by atoms with E-state index in [2.05, 4.69) is 20.7 Å². The van der Waals surface area contributed by atoms with E-state index in [1.54, 1.807) is 0 Å². The van der Waals surface area contributed by atoms with Crippen LogP contribution in [0.3, 0.4) is 0 Å². The van der Waals surface area contributed by atoms with E-state index in [-0.39, 0.29) is 30.6 Å². The number of nitrogens with zero attached hydrogens (tertiary/aromatic N) is 1. The number of carbonyl (C=O) groups excluding carboxylic acids is 1. The first-order valence-electron chi connectivity index (χ1n) is 5.76. The van der Waals surface area contributed by atoms with Crippen molar-refractivity contribution in [3.63, 3.8) is 0 Å². The Morgan fingerprint density at radius 3 is 2.65 bits per heavy atom. The first-order chi connectivity index (χ1) is 9.30. The number of anilines is 1. The topological polar surface area (TPSA) is 49.8 Å². The number of ether oxygens (including phenoxy) is 1. The van der Waals surface area contributed by atoms with E-state index in [0.29, 0.717) is 16.7 Å². The fourth-order valence-electron chi connectivity index (χ4n) is 2.04. The summed E-state index contributed by atoms with van der Waals surface area (Å²) in [4.78, 5) is 13.2. The number of halogens is 4. The Bertz CT molecular complexity index is 521. The van der Waals surface area contributed by atoms with Crippen molar-refractivity contribution in [1.82, 2.24) is 0 Å². The molecule has 1 saturated heterocycles. The average Bonchev–Trinajstić information content (AvgIpc) is 2.69. The molecule has 1 N–H and O–H groups in total. The van der Waals surface area contributed by atoms with Crippen LogP contribution in [0.15, 0.2) is 22.7 Å². The van der Waals surface area contributed by atoms with Gasteiger partial charge in [0.15, 0.2) is 0 Å². The monoisotopic (exact) mass is 353 g/mol. The maximum absolute atomic E-state index is 12.1. The Kier molecular flexibility index (Phi) is 4.24. The average molecular weight is 354 g/mol. The van der Waals surface area contributed by atoms with E-state index >= 15 is 0 Å². The maximum Gasteiger partial charge on any atom is 0.573 e. The van der Waals surface area contributed by atoms with E-state index in [1.165, 1.54) is 11.0 Å². The quantitative estimate of drug-likeness (QED) is 0.908. The zero-order valence-corrected chi connectivity index (χ0v) is 11.7. The van der Waals surface area contributed by atoms with Gasteiger partial charge in [0, 0.05) is 30.0 Å². The second-order valence-corrected chi connectivity index (χ2v) is 5.27. The molecule has 0 bridgehead atoms. The summed E-state index contributed by atoms with van der Waals surface area (Å²) in [5.41, 5.74) is 0.459. The molecule has 1 aliphatic heterocycles. The molecule has 1 aromatic rings. The van der Waals surface area contributed by atoms with Crippen LogP contribution in [0.4, 0.5) is 18.9 Å². The summed E-state index contributed by atoms with van der Waals surface area (Å²) in [7, 11) is 0. The van der Waals surface area contributed by atoms with E-state index < -0.39 is 6.36 Å². The molecule has 0 spiro atoms. The van der Waals surface area contributed by atoms with Gasteiger partial charge < -0.3 is 14.7 Å². The van der Waals surface area contributed by atoms with E-state index in [9.17, 15) is 18.0 Å².